The number of esters is 1. The Kier molecular flexibility index (Phi) is 7.68. The lowest BCUT2D eigenvalue weighted by molar-refractivity contribution is -0.147. The zero-order chi connectivity index (χ0) is 22.4. The molecule has 1 saturated heterocycles. The minimum atomic E-state index is -1.40. The summed E-state index contributed by atoms with van der Waals surface area (Å²) in [5.74, 6) is -0.546. The first-order valence-corrected chi connectivity index (χ1v) is 10.8. The monoisotopic (exact) mass is 430 g/mol. The Morgan fingerprint density at radius 3 is 2.68 bits per heavy atom. The highest BCUT2D eigenvalue weighted by atomic mass is 16.7. The summed E-state index contributed by atoms with van der Waals surface area (Å²) in [5.41, 5.74) is 1.09. The maximum absolute atomic E-state index is 13.3. The molecule has 5 atom stereocenters. The van der Waals surface area contributed by atoms with Crippen molar-refractivity contribution in [3.05, 3.63) is 48.0 Å². The Balaban J connectivity index is 1.69. The zero-order valence-electron chi connectivity index (χ0n) is 17.9. The number of allylic oxidation sites excluding steroid dienone is 1. The number of hydrogen-bond donors (Lipinski definition) is 2. The van der Waals surface area contributed by atoms with Crippen molar-refractivity contribution in [3.63, 3.8) is 0 Å². The smallest absolute Gasteiger partial charge is 0.465 e. The molecule has 1 aliphatic carbocycles. The summed E-state index contributed by atoms with van der Waals surface area (Å²) in [5, 5.41) is 12.2. The van der Waals surface area contributed by atoms with E-state index < -0.39 is 30.4 Å². The lowest BCUT2D eigenvalue weighted by Crippen LogP contribution is -2.54. The van der Waals surface area contributed by atoms with Gasteiger partial charge in [0, 0.05) is 6.42 Å². The van der Waals surface area contributed by atoms with Crippen molar-refractivity contribution in [1.29, 1.82) is 0 Å². The molecule has 0 spiro atoms. The topological polar surface area (TPSA) is 105 Å². The van der Waals surface area contributed by atoms with E-state index >= 15 is 0 Å². The van der Waals surface area contributed by atoms with Crippen LogP contribution in [0.3, 0.4) is 0 Å². The molecule has 3 rings (SSSR count). The van der Waals surface area contributed by atoms with Gasteiger partial charge in [-0.1, -0.05) is 42.5 Å². The van der Waals surface area contributed by atoms with Crippen molar-refractivity contribution in [1.82, 2.24) is 10.2 Å². The van der Waals surface area contributed by atoms with Crippen molar-refractivity contribution in [2.45, 2.75) is 63.9 Å². The van der Waals surface area contributed by atoms with E-state index in [1.165, 1.54) is 4.90 Å². The summed E-state index contributed by atoms with van der Waals surface area (Å²) < 4.78 is 10.2. The van der Waals surface area contributed by atoms with Gasteiger partial charge in [-0.2, -0.15) is 0 Å². The number of carbonyl (C=O) groups is 3. The van der Waals surface area contributed by atoms with Gasteiger partial charge in [-0.15, -0.1) is 0 Å². The molecule has 1 fully saturated rings. The molecule has 168 valence electrons. The molecule has 0 aromatic heterocycles. The molecule has 1 amide bonds. The van der Waals surface area contributed by atoms with Gasteiger partial charge in [0.2, 0.25) is 5.91 Å². The number of nitrogens with one attached hydrogen (secondary N) is 1. The van der Waals surface area contributed by atoms with Crippen molar-refractivity contribution in [3.8, 4) is 0 Å². The molecule has 2 aliphatic rings. The number of carbonyl (C=O) groups excluding carboxylic acids is 2. The second-order valence-corrected chi connectivity index (χ2v) is 7.95. The summed E-state index contributed by atoms with van der Waals surface area (Å²) in [4.78, 5) is 38.4. The largest absolute Gasteiger partial charge is 0.507 e. The molecule has 1 heterocycles. The van der Waals surface area contributed by atoms with Crippen LogP contribution in [0.4, 0.5) is 4.79 Å². The Morgan fingerprint density at radius 1 is 1.26 bits per heavy atom. The highest BCUT2D eigenvalue weighted by Gasteiger charge is 2.47. The van der Waals surface area contributed by atoms with Crippen LogP contribution in [0, 0.1) is 5.92 Å². The summed E-state index contributed by atoms with van der Waals surface area (Å²) in [7, 11) is 0. The predicted molar refractivity (Wildman–Crippen MR) is 113 cm³/mol. The third-order valence-corrected chi connectivity index (χ3v) is 5.84. The van der Waals surface area contributed by atoms with E-state index in [4.69, 9.17) is 14.6 Å². The van der Waals surface area contributed by atoms with Crippen molar-refractivity contribution in [2.75, 3.05) is 6.61 Å². The van der Waals surface area contributed by atoms with Crippen molar-refractivity contribution in [2.24, 2.45) is 5.92 Å². The number of rotatable bonds is 9. The van der Waals surface area contributed by atoms with Crippen LogP contribution in [0.5, 0.6) is 0 Å². The van der Waals surface area contributed by atoms with E-state index in [1.807, 2.05) is 42.5 Å². The SMILES string of the molecule is CCOC(=O)[C@H](CCc1ccccc1)N[C@@H](C)C(=O)N1[C@@H](OC(=O)O)C[C@H]2CC=C[C@@H]21. The first kappa shape index (κ1) is 22.8. The Bertz CT molecular complexity index is 812. The fourth-order valence-electron chi connectivity index (χ4n) is 4.38. The van der Waals surface area contributed by atoms with Gasteiger partial charge >= 0.3 is 12.1 Å². The molecule has 31 heavy (non-hydrogen) atoms. The summed E-state index contributed by atoms with van der Waals surface area (Å²) >= 11 is 0. The molecule has 0 saturated carbocycles. The lowest BCUT2D eigenvalue weighted by Gasteiger charge is -2.31. The van der Waals surface area contributed by atoms with Gasteiger partial charge in [0.15, 0.2) is 6.23 Å². The van der Waals surface area contributed by atoms with Gasteiger partial charge in [0.25, 0.3) is 0 Å². The lowest BCUT2D eigenvalue weighted by atomic mass is 10.0. The Morgan fingerprint density at radius 2 is 2.00 bits per heavy atom. The molecule has 1 aliphatic heterocycles. The number of benzene rings is 1. The first-order chi connectivity index (χ1) is 14.9. The molecular weight excluding hydrogens is 400 g/mol. The predicted octanol–water partition coefficient (Wildman–Crippen LogP) is 2.73. The number of hydrogen-bond acceptors (Lipinski definition) is 6. The van der Waals surface area contributed by atoms with E-state index in [2.05, 4.69) is 5.32 Å². The van der Waals surface area contributed by atoms with Crippen LogP contribution in [0.15, 0.2) is 42.5 Å². The van der Waals surface area contributed by atoms with E-state index in [0.29, 0.717) is 19.3 Å². The second-order valence-electron chi connectivity index (χ2n) is 7.95. The highest BCUT2D eigenvalue weighted by molar-refractivity contribution is 5.84. The van der Waals surface area contributed by atoms with Gasteiger partial charge in [0.1, 0.15) is 6.04 Å². The van der Waals surface area contributed by atoms with Crippen LogP contribution in [0.1, 0.15) is 38.7 Å². The quantitative estimate of drug-likeness (QED) is 0.458. The van der Waals surface area contributed by atoms with Crippen molar-refractivity contribution < 1.29 is 29.0 Å². The Hall–Kier alpha value is -2.87. The number of fused-ring (bicyclic) bond motifs is 1. The van der Waals surface area contributed by atoms with E-state index in [9.17, 15) is 14.4 Å². The number of amides is 1. The number of aryl methyl sites for hydroxylation is 1. The van der Waals surface area contributed by atoms with Crippen LogP contribution in [0.25, 0.3) is 0 Å². The fourth-order valence-corrected chi connectivity index (χ4v) is 4.38. The minimum absolute atomic E-state index is 0.152. The third kappa shape index (κ3) is 5.64. The van der Waals surface area contributed by atoms with Gasteiger partial charge in [-0.25, -0.2) is 4.79 Å². The summed E-state index contributed by atoms with van der Waals surface area (Å²) in [6.45, 7) is 3.67. The van der Waals surface area contributed by atoms with Crippen LogP contribution in [-0.4, -0.2) is 59.0 Å². The van der Waals surface area contributed by atoms with Gasteiger partial charge in [-0.3, -0.25) is 19.8 Å². The molecule has 2 N–H and O–H groups in total. The minimum Gasteiger partial charge on any atom is -0.465 e. The van der Waals surface area contributed by atoms with E-state index in [1.54, 1.807) is 13.8 Å². The molecule has 1 aromatic rings. The maximum atomic E-state index is 13.3. The second kappa shape index (κ2) is 10.4. The van der Waals surface area contributed by atoms with Crippen LogP contribution >= 0.6 is 0 Å². The van der Waals surface area contributed by atoms with E-state index in [0.717, 1.165) is 12.0 Å². The standard InChI is InChI=1S/C23H30N2O6/c1-3-30-22(27)18(13-12-16-8-5-4-6-9-16)24-15(2)21(26)25-19-11-7-10-17(19)14-20(25)31-23(28)29/h4-9,11,15,17-20,24H,3,10,12-14H2,1-2H3,(H,28,29)/t15-,17+,18-,19-,20-/m0/s1. The van der Waals surface area contributed by atoms with Crippen LogP contribution in [0.2, 0.25) is 0 Å². The first-order valence-electron chi connectivity index (χ1n) is 10.8. The molecular formula is C23H30N2O6. The van der Waals surface area contributed by atoms with Crippen LogP contribution < -0.4 is 5.32 Å². The normalized spacial score (nSPS) is 23.8. The summed E-state index contributed by atoms with van der Waals surface area (Å²) in [6, 6.07) is 8.23. The Labute approximate surface area is 182 Å². The number of likely N-dealkylation sites (tertiary alicyclic amines) is 1. The molecule has 0 bridgehead atoms. The van der Waals surface area contributed by atoms with E-state index in [-0.39, 0.29) is 24.5 Å². The maximum Gasteiger partial charge on any atom is 0.507 e. The van der Waals surface area contributed by atoms with Crippen molar-refractivity contribution >= 4 is 18.0 Å². The molecule has 1 aromatic carbocycles. The molecule has 8 nitrogen and oxygen atoms in total. The average molecular weight is 431 g/mol. The molecule has 0 radical (unpaired) electrons. The van der Waals surface area contributed by atoms with Gasteiger partial charge < -0.3 is 14.6 Å². The molecule has 8 heteroatoms. The highest BCUT2D eigenvalue weighted by Crippen LogP contribution is 2.38. The number of ether oxygens (including phenoxy) is 2. The number of carboxylic acid groups (broad SMARTS) is 1. The zero-order valence-corrected chi connectivity index (χ0v) is 17.9. The fraction of sp³-hybridized carbons (Fsp3) is 0.522. The van der Waals surface area contributed by atoms with Gasteiger partial charge in [-0.05, 0) is 44.6 Å². The van der Waals surface area contributed by atoms with Crippen LogP contribution in [-0.2, 0) is 25.5 Å². The van der Waals surface area contributed by atoms with Gasteiger partial charge in [0.05, 0.1) is 18.7 Å². The number of nitrogens with zero attached hydrogens (tertiary/aromatic N) is 1. The third-order valence-electron chi connectivity index (χ3n) is 5.84. The summed E-state index contributed by atoms with van der Waals surface area (Å²) in [6.07, 6.45) is 4.10. The molecule has 0 unspecified atom stereocenters. The average Bonchev–Trinajstić information content (AvgIpc) is 3.31.